The molecular weight excluding hydrogens is 407 g/mol. The highest BCUT2D eigenvalue weighted by atomic mass is 31.2. The molecule has 0 bridgehead atoms. The minimum absolute atomic E-state index is 0.0998. The minimum Gasteiger partial charge on any atom is -0.396 e. The number of phosphoric acid groups is 1. The third-order valence-corrected chi connectivity index (χ3v) is 6.44. The van der Waals surface area contributed by atoms with Gasteiger partial charge in [-0.25, -0.2) is 14.5 Å². The van der Waals surface area contributed by atoms with Crippen molar-refractivity contribution in [2.45, 2.75) is 39.2 Å². The van der Waals surface area contributed by atoms with Crippen molar-refractivity contribution in [3.63, 3.8) is 0 Å². The summed E-state index contributed by atoms with van der Waals surface area (Å²) in [7, 11) is -3.80. The molecule has 0 aromatic carbocycles. The summed E-state index contributed by atoms with van der Waals surface area (Å²) in [6, 6.07) is 0. The van der Waals surface area contributed by atoms with E-state index in [-0.39, 0.29) is 31.0 Å². The molecule has 1 aliphatic heterocycles. The van der Waals surface area contributed by atoms with Crippen molar-refractivity contribution in [3.8, 4) is 0 Å². The van der Waals surface area contributed by atoms with Crippen LogP contribution in [0.15, 0.2) is 17.4 Å². The number of nitrogens with one attached hydrogen (secondary N) is 1. The number of aliphatic hydroxyl groups is 2. The fourth-order valence-electron chi connectivity index (χ4n) is 3.28. The number of aliphatic hydroxyl groups excluding tert-OH is 2. The molecule has 2 aromatic rings. The summed E-state index contributed by atoms with van der Waals surface area (Å²) in [5.74, 6) is 0. The maximum absolute atomic E-state index is 12.5. The molecule has 3 heterocycles. The Morgan fingerprint density at radius 3 is 2.62 bits per heavy atom. The summed E-state index contributed by atoms with van der Waals surface area (Å²) < 4.78 is 35.4. The Morgan fingerprint density at radius 2 is 2.00 bits per heavy atom. The number of aromatic nitrogens is 4. The van der Waals surface area contributed by atoms with Crippen LogP contribution in [0.25, 0.3) is 11.2 Å². The van der Waals surface area contributed by atoms with Crippen LogP contribution < -0.4 is 5.56 Å². The topological polar surface area (TPSA) is 158 Å². The molecule has 0 aliphatic carbocycles. The van der Waals surface area contributed by atoms with Gasteiger partial charge < -0.3 is 19.9 Å². The molecule has 0 amide bonds. The second kappa shape index (κ2) is 8.60. The van der Waals surface area contributed by atoms with Crippen molar-refractivity contribution < 1.29 is 33.1 Å². The Kier molecular flexibility index (Phi) is 6.54. The van der Waals surface area contributed by atoms with E-state index in [0.717, 1.165) is 0 Å². The number of ether oxygens (including phenoxy) is 1. The van der Waals surface area contributed by atoms with E-state index in [1.54, 1.807) is 20.8 Å². The molecule has 29 heavy (non-hydrogen) atoms. The first-order valence-corrected chi connectivity index (χ1v) is 10.6. The Labute approximate surface area is 166 Å². The molecule has 4 atom stereocenters. The lowest BCUT2D eigenvalue weighted by Crippen LogP contribution is -2.41. The van der Waals surface area contributed by atoms with E-state index in [1.807, 2.05) is 0 Å². The second-order valence-electron chi connectivity index (χ2n) is 6.77. The van der Waals surface area contributed by atoms with E-state index in [1.165, 1.54) is 17.2 Å². The zero-order valence-corrected chi connectivity index (χ0v) is 17.2. The number of nitrogens with zero attached hydrogens (tertiary/aromatic N) is 3. The lowest BCUT2D eigenvalue weighted by Gasteiger charge is -2.31. The van der Waals surface area contributed by atoms with Gasteiger partial charge >= 0.3 is 7.82 Å². The molecule has 1 fully saturated rings. The maximum Gasteiger partial charge on any atom is 0.474 e. The number of fused-ring (bicyclic) bond motifs is 1. The van der Waals surface area contributed by atoms with Crippen molar-refractivity contribution in [1.29, 1.82) is 0 Å². The summed E-state index contributed by atoms with van der Waals surface area (Å²) in [6.45, 7) is 4.40. The SMILES string of the molecule is CCOP(=O)(OCC)OC[C@H]1O[C@@H](n2cnc3c(=O)[nH]cnc32)C(C)(CO)C1O. The van der Waals surface area contributed by atoms with E-state index in [4.69, 9.17) is 18.3 Å². The lowest BCUT2D eigenvalue weighted by molar-refractivity contribution is -0.0602. The van der Waals surface area contributed by atoms with Crippen molar-refractivity contribution in [3.05, 3.63) is 23.0 Å². The van der Waals surface area contributed by atoms with Crippen LogP contribution in [0, 0.1) is 5.41 Å². The Morgan fingerprint density at radius 1 is 1.31 bits per heavy atom. The summed E-state index contributed by atoms with van der Waals surface area (Å²) in [4.78, 5) is 22.5. The average molecular weight is 432 g/mol. The van der Waals surface area contributed by atoms with Gasteiger partial charge in [0, 0.05) is 0 Å². The van der Waals surface area contributed by atoms with Crippen LogP contribution in [0.4, 0.5) is 0 Å². The Hall–Kier alpha value is -1.66. The standard InChI is InChI=1S/C16H25N4O8P/c1-4-25-29(24,26-5-2)27-6-10-12(22)16(3,7-21)15(28-10)20-9-19-11-13(20)17-8-18-14(11)23/h8-10,12,15,21-22H,4-7H2,1-3H3,(H,17,18,23)/t10-,12?,15-,16?/m1/s1. The predicted molar refractivity (Wildman–Crippen MR) is 100 cm³/mol. The fourth-order valence-corrected chi connectivity index (χ4v) is 4.46. The van der Waals surface area contributed by atoms with Gasteiger partial charge in [0.15, 0.2) is 11.2 Å². The highest BCUT2D eigenvalue weighted by molar-refractivity contribution is 7.48. The summed E-state index contributed by atoms with van der Waals surface area (Å²) in [5.41, 5.74) is -1.26. The van der Waals surface area contributed by atoms with E-state index < -0.39 is 43.8 Å². The van der Waals surface area contributed by atoms with Crippen LogP contribution in [0.2, 0.25) is 0 Å². The number of hydrogen-bond acceptors (Lipinski definition) is 10. The van der Waals surface area contributed by atoms with E-state index in [9.17, 15) is 19.6 Å². The first-order chi connectivity index (χ1) is 13.8. The van der Waals surface area contributed by atoms with Gasteiger partial charge in [0.1, 0.15) is 12.3 Å². The van der Waals surface area contributed by atoms with Crippen molar-refractivity contribution in [2.75, 3.05) is 26.4 Å². The van der Waals surface area contributed by atoms with Crippen molar-refractivity contribution >= 4 is 19.0 Å². The van der Waals surface area contributed by atoms with Gasteiger partial charge in [-0.2, -0.15) is 0 Å². The molecule has 0 saturated carbocycles. The van der Waals surface area contributed by atoms with Crippen molar-refractivity contribution in [2.24, 2.45) is 5.41 Å². The second-order valence-corrected chi connectivity index (χ2v) is 8.44. The molecule has 0 spiro atoms. The van der Waals surface area contributed by atoms with Crippen LogP contribution in [0.5, 0.6) is 0 Å². The lowest BCUT2D eigenvalue weighted by atomic mass is 9.83. The van der Waals surface area contributed by atoms with Gasteiger partial charge in [0.2, 0.25) is 0 Å². The molecule has 0 radical (unpaired) electrons. The smallest absolute Gasteiger partial charge is 0.396 e. The quantitative estimate of drug-likeness (QED) is 0.478. The van der Waals surface area contributed by atoms with Crippen LogP contribution in [0.3, 0.4) is 0 Å². The van der Waals surface area contributed by atoms with E-state index >= 15 is 0 Å². The number of phosphoric ester groups is 1. The van der Waals surface area contributed by atoms with Crippen LogP contribution in [-0.2, 0) is 22.9 Å². The van der Waals surface area contributed by atoms with Crippen molar-refractivity contribution in [1.82, 2.24) is 19.5 Å². The molecule has 1 aliphatic rings. The third-order valence-electron chi connectivity index (χ3n) is 4.83. The first kappa shape index (κ1) is 22.0. The zero-order chi connectivity index (χ0) is 21.2. The molecule has 3 N–H and O–H groups in total. The average Bonchev–Trinajstić information content (AvgIpc) is 3.22. The molecule has 3 rings (SSSR count). The molecule has 162 valence electrons. The number of aromatic amines is 1. The number of imidazole rings is 1. The van der Waals surface area contributed by atoms with E-state index in [2.05, 4.69) is 15.0 Å². The zero-order valence-electron chi connectivity index (χ0n) is 16.3. The molecule has 13 heteroatoms. The number of rotatable bonds is 9. The Bertz CT molecular complexity index is 938. The maximum atomic E-state index is 12.5. The van der Waals surface area contributed by atoms with Gasteiger partial charge in [-0.1, -0.05) is 6.92 Å². The predicted octanol–water partition coefficient (Wildman–Crippen LogP) is 0.574. The normalized spacial score (nSPS) is 27.7. The molecule has 2 unspecified atom stereocenters. The third kappa shape index (κ3) is 4.02. The monoisotopic (exact) mass is 432 g/mol. The van der Waals surface area contributed by atoms with Gasteiger partial charge in [0.25, 0.3) is 5.56 Å². The minimum atomic E-state index is -3.80. The van der Waals surface area contributed by atoms with Gasteiger partial charge in [-0.3, -0.25) is 22.9 Å². The van der Waals surface area contributed by atoms with Gasteiger partial charge in [-0.15, -0.1) is 0 Å². The Balaban J connectivity index is 1.87. The highest BCUT2D eigenvalue weighted by Gasteiger charge is 2.54. The molecule has 1 saturated heterocycles. The highest BCUT2D eigenvalue weighted by Crippen LogP contribution is 2.51. The van der Waals surface area contributed by atoms with Gasteiger partial charge in [-0.05, 0) is 13.8 Å². The van der Waals surface area contributed by atoms with Gasteiger partial charge in [0.05, 0.1) is 50.6 Å². The van der Waals surface area contributed by atoms with Crippen LogP contribution in [0.1, 0.15) is 27.0 Å². The molecular formula is C16H25N4O8P. The largest absolute Gasteiger partial charge is 0.474 e. The molecule has 12 nitrogen and oxygen atoms in total. The number of hydrogen-bond donors (Lipinski definition) is 3. The summed E-state index contributed by atoms with van der Waals surface area (Å²) in [5, 5.41) is 20.8. The summed E-state index contributed by atoms with van der Waals surface area (Å²) in [6.07, 6.45) is -0.466. The van der Waals surface area contributed by atoms with Crippen LogP contribution >= 0.6 is 7.82 Å². The fraction of sp³-hybridized carbons (Fsp3) is 0.688. The van der Waals surface area contributed by atoms with Crippen LogP contribution in [-0.4, -0.2) is 68.4 Å². The summed E-state index contributed by atoms with van der Waals surface area (Å²) >= 11 is 0. The molecule has 2 aromatic heterocycles. The van der Waals surface area contributed by atoms with E-state index in [0.29, 0.717) is 0 Å². The number of H-pyrrole nitrogens is 1. The first-order valence-electron chi connectivity index (χ1n) is 9.18.